The molecular weight excluding hydrogens is 363 g/mol. The Bertz CT molecular complexity index is 993. The quantitative estimate of drug-likeness (QED) is 0.632. The highest BCUT2D eigenvalue weighted by molar-refractivity contribution is 6.07. The molecule has 0 atom stereocenters. The maximum Gasteiger partial charge on any atom is 0.340 e. The molecule has 1 heterocycles. The Morgan fingerprint density at radius 1 is 1.07 bits per heavy atom. The Kier molecular flexibility index (Phi) is 5.91. The van der Waals surface area contributed by atoms with E-state index in [-0.39, 0.29) is 23.7 Å². The average molecular weight is 380 g/mol. The lowest BCUT2D eigenvalue weighted by Gasteiger charge is -2.11. The third-order valence-corrected chi connectivity index (χ3v) is 3.69. The number of aromatic nitrogens is 2. The molecule has 0 spiro atoms. The van der Waals surface area contributed by atoms with Gasteiger partial charge in [-0.05, 0) is 43.3 Å². The fourth-order valence-corrected chi connectivity index (χ4v) is 2.40. The maximum atomic E-state index is 13.0. The molecule has 142 valence electrons. The number of carbonyl (C=O) groups is 2. The molecule has 0 saturated carbocycles. The normalized spacial score (nSPS) is 10.2. The Hall–Kier alpha value is -3.81. The van der Waals surface area contributed by atoms with Crippen LogP contribution in [0.1, 0.15) is 27.8 Å². The van der Waals surface area contributed by atoms with Crippen LogP contribution in [0.25, 0.3) is 0 Å². The second-order valence-electron chi connectivity index (χ2n) is 5.64. The molecule has 2 N–H and O–H groups in total. The number of halogens is 1. The first-order valence-electron chi connectivity index (χ1n) is 8.49. The zero-order chi connectivity index (χ0) is 19.9. The third kappa shape index (κ3) is 4.67. The van der Waals surface area contributed by atoms with Gasteiger partial charge in [0.2, 0.25) is 0 Å². The molecule has 0 saturated heterocycles. The molecule has 7 nitrogen and oxygen atoms in total. The summed E-state index contributed by atoms with van der Waals surface area (Å²) in [6, 6.07) is 13.7. The number of amides is 1. The van der Waals surface area contributed by atoms with Gasteiger partial charge in [-0.3, -0.25) is 4.79 Å². The van der Waals surface area contributed by atoms with Crippen LogP contribution < -0.4 is 10.6 Å². The standard InChI is InChI=1S/C20H17FN4O3/c1-2-28-20(27)15-5-3-4-6-16(15)25-19(26)17-11-18(23-12-22-17)24-14-9-7-13(21)8-10-14/h3-12H,2H2,1H3,(H,25,26)(H,22,23,24). The Balaban J connectivity index is 1.77. The fraction of sp³-hybridized carbons (Fsp3) is 0.100. The van der Waals surface area contributed by atoms with Gasteiger partial charge in [-0.15, -0.1) is 0 Å². The number of rotatable bonds is 6. The molecule has 8 heteroatoms. The Morgan fingerprint density at radius 2 is 1.82 bits per heavy atom. The summed E-state index contributed by atoms with van der Waals surface area (Å²) in [6.07, 6.45) is 1.23. The van der Waals surface area contributed by atoms with Crippen molar-refractivity contribution < 1.29 is 18.7 Å². The average Bonchev–Trinajstić information content (AvgIpc) is 2.70. The molecular formula is C20H17FN4O3. The number of hydrogen-bond donors (Lipinski definition) is 2. The molecule has 0 aliphatic heterocycles. The summed E-state index contributed by atoms with van der Waals surface area (Å²) in [7, 11) is 0. The van der Waals surface area contributed by atoms with E-state index >= 15 is 0 Å². The van der Waals surface area contributed by atoms with Crippen LogP contribution in [-0.2, 0) is 4.74 Å². The third-order valence-electron chi connectivity index (χ3n) is 3.69. The number of nitrogens with zero attached hydrogens (tertiary/aromatic N) is 2. The van der Waals surface area contributed by atoms with Crippen molar-refractivity contribution in [1.82, 2.24) is 9.97 Å². The summed E-state index contributed by atoms with van der Waals surface area (Å²) in [5.74, 6) is -1.03. The zero-order valence-electron chi connectivity index (χ0n) is 15.0. The molecule has 28 heavy (non-hydrogen) atoms. The second-order valence-corrected chi connectivity index (χ2v) is 5.64. The van der Waals surface area contributed by atoms with E-state index in [2.05, 4.69) is 20.6 Å². The van der Waals surface area contributed by atoms with Gasteiger partial charge >= 0.3 is 5.97 Å². The van der Waals surface area contributed by atoms with Gasteiger partial charge in [0.05, 0.1) is 17.9 Å². The first kappa shape index (κ1) is 19.0. The van der Waals surface area contributed by atoms with Crippen molar-refractivity contribution >= 4 is 29.1 Å². The summed E-state index contributed by atoms with van der Waals surface area (Å²) in [6.45, 7) is 1.93. The largest absolute Gasteiger partial charge is 0.462 e. The van der Waals surface area contributed by atoms with Crippen LogP contribution in [0.2, 0.25) is 0 Å². The van der Waals surface area contributed by atoms with Gasteiger partial charge in [0, 0.05) is 11.8 Å². The molecule has 0 unspecified atom stereocenters. The number of hydrogen-bond acceptors (Lipinski definition) is 6. The topological polar surface area (TPSA) is 93.2 Å². The van der Waals surface area contributed by atoms with E-state index in [0.717, 1.165) is 0 Å². The van der Waals surface area contributed by atoms with E-state index < -0.39 is 11.9 Å². The van der Waals surface area contributed by atoms with Gasteiger partial charge in [0.15, 0.2) is 0 Å². The predicted molar refractivity (Wildman–Crippen MR) is 102 cm³/mol. The first-order valence-corrected chi connectivity index (χ1v) is 8.49. The van der Waals surface area contributed by atoms with Crippen molar-refractivity contribution in [3.05, 3.63) is 78.0 Å². The number of para-hydroxylation sites is 1. The number of benzene rings is 2. The summed E-state index contributed by atoms with van der Waals surface area (Å²) in [4.78, 5) is 32.6. The van der Waals surface area contributed by atoms with Crippen molar-refractivity contribution in [3.63, 3.8) is 0 Å². The molecule has 1 aromatic heterocycles. The minimum atomic E-state index is -0.528. The van der Waals surface area contributed by atoms with Crippen LogP contribution in [0.3, 0.4) is 0 Å². The molecule has 3 aromatic rings. The van der Waals surface area contributed by atoms with E-state index in [0.29, 0.717) is 17.2 Å². The zero-order valence-corrected chi connectivity index (χ0v) is 15.0. The smallest absolute Gasteiger partial charge is 0.340 e. The van der Waals surface area contributed by atoms with E-state index in [4.69, 9.17) is 4.74 Å². The number of nitrogens with one attached hydrogen (secondary N) is 2. The van der Waals surface area contributed by atoms with Crippen molar-refractivity contribution in [2.45, 2.75) is 6.92 Å². The minimum Gasteiger partial charge on any atom is -0.462 e. The van der Waals surface area contributed by atoms with E-state index in [1.807, 2.05) is 0 Å². The molecule has 0 aliphatic rings. The molecule has 0 fully saturated rings. The number of esters is 1. The van der Waals surface area contributed by atoms with Crippen LogP contribution >= 0.6 is 0 Å². The predicted octanol–water partition coefficient (Wildman–Crippen LogP) is 3.79. The van der Waals surface area contributed by atoms with Gasteiger partial charge < -0.3 is 15.4 Å². The summed E-state index contributed by atoms with van der Waals surface area (Å²) in [5.41, 5.74) is 1.27. The summed E-state index contributed by atoms with van der Waals surface area (Å²) < 4.78 is 18.0. The second kappa shape index (κ2) is 8.72. The lowest BCUT2D eigenvalue weighted by Crippen LogP contribution is -2.17. The highest BCUT2D eigenvalue weighted by Gasteiger charge is 2.16. The van der Waals surface area contributed by atoms with E-state index in [9.17, 15) is 14.0 Å². The molecule has 3 rings (SSSR count). The number of ether oxygens (including phenoxy) is 1. The monoisotopic (exact) mass is 380 g/mol. The number of carbonyl (C=O) groups excluding carboxylic acids is 2. The van der Waals surface area contributed by atoms with E-state index in [1.165, 1.54) is 24.5 Å². The van der Waals surface area contributed by atoms with Crippen molar-refractivity contribution in [2.24, 2.45) is 0 Å². The fourth-order valence-electron chi connectivity index (χ4n) is 2.40. The lowest BCUT2D eigenvalue weighted by atomic mass is 10.1. The van der Waals surface area contributed by atoms with Gasteiger partial charge in [-0.1, -0.05) is 12.1 Å². The highest BCUT2D eigenvalue weighted by Crippen LogP contribution is 2.19. The number of anilines is 3. The molecule has 1 amide bonds. The van der Waals surface area contributed by atoms with Crippen molar-refractivity contribution in [3.8, 4) is 0 Å². The minimum absolute atomic E-state index is 0.0956. The van der Waals surface area contributed by atoms with E-state index in [1.54, 1.807) is 43.3 Å². The van der Waals surface area contributed by atoms with Gasteiger partial charge in [0.1, 0.15) is 23.7 Å². The van der Waals surface area contributed by atoms with Crippen LogP contribution in [-0.4, -0.2) is 28.5 Å². The van der Waals surface area contributed by atoms with Gasteiger partial charge in [0.25, 0.3) is 5.91 Å². The molecule has 0 aliphatic carbocycles. The van der Waals surface area contributed by atoms with Crippen LogP contribution in [0, 0.1) is 5.82 Å². The maximum absolute atomic E-state index is 13.0. The molecule has 0 radical (unpaired) electrons. The Labute approximate surface area is 160 Å². The van der Waals surface area contributed by atoms with Crippen LogP contribution in [0.15, 0.2) is 60.9 Å². The SMILES string of the molecule is CCOC(=O)c1ccccc1NC(=O)c1cc(Nc2ccc(F)cc2)ncn1. The summed E-state index contributed by atoms with van der Waals surface area (Å²) >= 11 is 0. The summed E-state index contributed by atoms with van der Waals surface area (Å²) in [5, 5.41) is 5.62. The Morgan fingerprint density at radius 3 is 2.57 bits per heavy atom. The van der Waals surface area contributed by atoms with Crippen LogP contribution in [0.5, 0.6) is 0 Å². The van der Waals surface area contributed by atoms with Gasteiger partial charge in [-0.2, -0.15) is 0 Å². The molecule has 0 bridgehead atoms. The van der Waals surface area contributed by atoms with Crippen molar-refractivity contribution in [1.29, 1.82) is 0 Å². The lowest BCUT2D eigenvalue weighted by molar-refractivity contribution is 0.0527. The van der Waals surface area contributed by atoms with Gasteiger partial charge in [-0.25, -0.2) is 19.2 Å². The van der Waals surface area contributed by atoms with Crippen LogP contribution in [0.4, 0.5) is 21.6 Å². The molecule has 2 aromatic carbocycles. The first-order chi connectivity index (χ1) is 13.6. The highest BCUT2D eigenvalue weighted by atomic mass is 19.1. The van der Waals surface area contributed by atoms with Crippen molar-refractivity contribution in [2.75, 3.05) is 17.2 Å².